The van der Waals surface area contributed by atoms with E-state index in [0.717, 1.165) is 5.75 Å². The molecule has 0 bridgehead atoms. The zero-order chi connectivity index (χ0) is 13.0. The van der Waals surface area contributed by atoms with Crippen LogP contribution in [0.2, 0.25) is 0 Å². The molecule has 0 fully saturated rings. The summed E-state index contributed by atoms with van der Waals surface area (Å²) in [6, 6.07) is 14.9. The Bertz CT molecular complexity index is 588. The molecular formula is C14H12N2OS. The van der Waals surface area contributed by atoms with E-state index in [9.17, 15) is 0 Å². The molecule has 0 aliphatic heterocycles. The van der Waals surface area contributed by atoms with Crippen molar-refractivity contribution in [3.05, 3.63) is 48.0 Å². The second-order valence-electron chi connectivity index (χ2n) is 3.64. The lowest BCUT2D eigenvalue weighted by Crippen LogP contribution is -1.91. The van der Waals surface area contributed by atoms with E-state index >= 15 is 0 Å². The van der Waals surface area contributed by atoms with Crippen LogP contribution in [0.25, 0.3) is 0 Å². The van der Waals surface area contributed by atoms with Crippen LogP contribution in [0, 0.1) is 11.3 Å². The number of rotatable bonds is 3. The van der Waals surface area contributed by atoms with E-state index in [4.69, 9.17) is 15.7 Å². The summed E-state index contributed by atoms with van der Waals surface area (Å²) < 4.78 is 5.66. The molecule has 2 aromatic rings. The summed E-state index contributed by atoms with van der Waals surface area (Å²) in [7, 11) is 0. The molecule has 0 unspecified atom stereocenters. The Kier molecular flexibility index (Phi) is 3.75. The molecule has 2 N–H and O–H groups in total. The van der Waals surface area contributed by atoms with Gasteiger partial charge in [0.05, 0.1) is 5.56 Å². The monoisotopic (exact) mass is 256 g/mol. The fourth-order valence-corrected chi connectivity index (χ4v) is 1.88. The van der Waals surface area contributed by atoms with Crippen LogP contribution >= 0.6 is 11.8 Å². The van der Waals surface area contributed by atoms with Crippen molar-refractivity contribution in [2.24, 2.45) is 0 Å². The van der Waals surface area contributed by atoms with Gasteiger partial charge < -0.3 is 10.5 Å². The second-order valence-corrected chi connectivity index (χ2v) is 4.52. The fourth-order valence-electron chi connectivity index (χ4n) is 1.48. The number of hydrogen-bond donors (Lipinski definition) is 1. The number of nitrogens with zero attached hydrogens (tertiary/aromatic N) is 1. The lowest BCUT2D eigenvalue weighted by Gasteiger charge is -2.07. The molecule has 2 rings (SSSR count). The van der Waals surface area contributed by atoms with Crippen molar-refractivity contribution in [2.75, 3.05) is 12.0 Å². The summed E-state index contributed by atoms with van der Waals surface area (Å²) in [5.74, 6) is 1.35. The Morgan fingerprint density at radius 2 is 1.78 bits per heavy atom. The SMILES string of the molecule is CSc1ccc(Oc2ccc(N)c(C#N)c2)cc1. The highest BCUT2D eigenvalue weighted by atomic mass is 32.2. The highest BCUT2D eigenvalue weighted by Crippen LogP contribution is 2.26. The number of nitriles is 1. The van der Waals surface area contributed by atoms with Crippen LogP contribution in [0.4, 0.5) is 5.69 Å². The van der Waals surface area contributed by atoms with E-state index in [-0.39, 0.29) is 0 Å². The summed E-state index contributed by atoms with van der Waals surface area (Å²) in [5, 5.41) is 8.89. The van der Waals surface area contributed by atoms with Gasteiger partial charge in [0.25, 0.3) is 0 Å². The van der Waals surface area contributed by atoms with Crippen LogP contribution in [0.15, 0.2) is 47.4 Å². The van der Waals surface area contributed by atoms with Crippen LogP contribution < -0.4 is 10.5 Å². The van der Waals surface area contributed by atoms with Crippen molar-refractivity contribution in [3.8, 4) is 17.6 Å². The zero-order valence-corrected chi connectivity index (χ0v) is 10.7. The average Bonchev–Trinajstić information content (AvgIpc) is 2.42. The molecule has 3 nitrogen and oxygen atoms in total. The van der Waals surface area contributed by atoms with Gasteiger partial charge >= 0.3 is 0 Å². The third-order valence-electron chi connectivity index (χ3n) is 2.44. The first kappa shape index (κ1) is 12.3. The van der Waals surface area contributed by atoms with Gasteiger partial charge in [-0.15, -0.1) is 11.8 Å². The Morgan fingerprint density at radius 1 is 1.11 bits per heavy atom. The molecule has 4 heteroatoms. The lowest BCUT2D eigenvalue weighted by atomic mass is 10.2. The smallest absolute Gasteiger partial charge is 0.128 e. The summed E-state index contributed by atoms with van der Waals surface area (Å²) in [4.78, 5) is 1.18. The molecule has 0 spiro atoms. The molecule has 0 heterocycles. The minimum atomic E-state index is 0.424. The number of nitrogens with two attached hydrogens (primary N) is 1. The van der Waals surface area contributed by atoms with E-state index in [1.165, 1.54) is 4.90 Å². The Morgan fingerprint density at radius 3 is 2.39 bits per heavy atom. The van der Waals surface area contributed by atoms with Crippen LogP contribution in [0.5, 0.6) is 11.5 Å². The Labute approximate surface area is 110 Å². The lowest BCUT2D eigenvalue weighted by molar-refractivity contribution is 0.482. The number of ether oxygens (including phenoxy) is 1. The van der Waals surface area contributed by atoms with Crippen molar-refractivity contribution >= 4 is 17.4 Å². The number of hydrogen-bond acceptors (Lipinski definition) is 4. The minimum absolute atomic E-state index is 0.424. The molecule has 0 atom stereocenters. The van der Waals surface area contributed by atoms with E-state index < -0.39 is 0 Å². The van der Waals surface area contributed by atoms with Gasteiger partial charge in [-0.25, -0.2) is 0 Å². The molecule has 0 radical (unpaired) electrons. The van der Waals surface area contributed by atoms with Gasteiger partial charge in [-0.3, -0.25) is 0 Å². The minimum Gasteiger partial charge on any atom is -0.457 e. The Hall–Kier alpha value is -2.12. The zero-order valence-electron chi connectivity index (χ0n) is 9.88. The van der Waals surface area contributed by atoms with Gasteiger partial charge in [0.1, 0.15) is 17.6 Å². The number of benzene rings is 2. The maximum Gasteiger partial charge on any atom is 0.128 e. The van der Waals surface area contributed by atoms with Gasteiger partial charge in [0.15, 0.2) is 0 Å². The molecule has 90 valence electrons. The highest BCUT2D eigenvalue weighted by Gasteiger charge is 2.02. The number of nitrogen functional groups attached to an aromatic ring is 1. The third kappa shape index (κ3) is 2.76. The first-order valence-corrected chi connectivity index (χ1v) is 6.57. The van der Waals surface area contributed by atoms with E-state index in [1.807, 2.05) is 36.6 Å². The van der Waals surface area contributed by atoms with Gasteiger partial charge in [-0.1, -0.05) is 0 Å². The maximum absolute atomic E-state index is 8.89. The van der Waals surface area contributed by atoms with E-state index in [0.29, 0.717) is 17.0 Å². The first-order chi connectivity index (χ1) is 8.72. The molecule has 18 heavy (non-hydrogen) atoms. The Balaban J connectivity index is 2.20. The quantitative estimate of drug-likeness (QED) is 0.672. The molecular weight excluding hydrogens is 244 g/mol. The second kappa shape index (κ2) is 5.48. The molecule has 0 saturated heterocycles. The first-order valence-electron chi connectivity index (χ1n) is 5.34. The van der Waals surface area contributed by atoms with E-state index in [1.54, 1.807) is 30.0 Å². The van der Waals surface area contributed by atoms with Crippen molar-refractivity contribution in [3.63, 3.8) is 0 Å². The van der Waals surface area contributed by atoms with Gasteiger partial charge in [0.2, 0.25) is 0 Å². The normalized spacial score (nSPS) is 9.78. The van der Waals surface area contributed by atoms with Gasteiger partial charge in [-0.2, -0.15) is 5.26 Å². The van der Waals surface area contributed by atoms with Crippen molar-refractivity contribution < 1.29 is 4.74 Å². The average molecular weight is 256 g/mol. The van der Waals surface area contributed by atoms with Gasteiger partial charge in [0, 0.05) is 16.6 Å². The largest absolute Gasteiger partial charge is 0.457 e. The van der Waals surface area contributed by atoms with Crippen molar-refractivity contribution in [1.82, 2.24) is 0 Å². The molecule has 0 amide bonds. The summed E-state index contributed by atoms with van der Waals surface area (Å²) >= 11 is 1.68. The number of anilines is 1. The van der Waals surface area contributed by atoms with Crippen LogP contribution in [-0.4, -0.2) is 6.26 Å². The van der Waals surface area contributed by atoms with Crippen LogP contribution in [0.1, 0.15) is 5.56 Å². The van der Waals surface area contributed by atoms with Crippen molar-refractivity contribution in [2.45, 2.75) is 4.90 Å². The molecule has 0 aromatic heterocycles. The molecule has 2 aromatic carbocycles. The van der Waals surface area contributed by atoms with Gasteiger partial charge in [-0.05, 0) is 42.7 Å². The molecule has 0 aliphatic rings. The number of thioether (sulfide) groups is 1. The fraction of sp³-hybridized carbons (Fsp3) is 0.0714. The third-order valence-corrected chi connectivity index (χ3v) is 3.18. The van der Waals surface area contributed by atoms with Crippen molar-refractivity contribution in [1.29, 1.82) is 5.26 Å². The predicted octanol–water partition coefficient (Wildman–Crippen LogP) is 3.65. The summed E-state index contributed by atoms with van der Waals surface area (Å²) in [6.07, 6.45) is 2.02. The van der Waals surface area contributed by atoms with Crippen LogP contribution in [0.3, 0.4) is 0 Å². The predicted molar refractivity (Wildman–Crippen MR) is 73.9 cm³/mol. The standard InChI is InChI=1S/C14H12N2OS/c1-18-13-5-2-11(3-6-13)17-12-4-7-14(16)10(8-12)9-15/h2-8H,16H2,1H3. The maximum atomic E-state index is 8.89. The van der Waals surface area contributed by atoms with Crippen LogP contribution in [-0.2, 0) is 0 Å². The molecule has 0 aliphatic carbocycles. The van der Waals surface area contributed by atoms with E-state index in [2.05, 4.69) is 0 Å². The molecule has 0 saturated carbocycles. The summed E-state index contributed by atoms with van der Waals surface area (Å²) in [6.45, 7) is 0. The summed E-state index contributed by atoms with van der Waals surface area (Å²) in [5.41, 5.74) is 6.54. The highest BCUT2D eigenvalue weighted by molar-refractivity contribution is 7.98. The topological polar surface area (TPSA) is 59.0 Å².